The molecular formula is C32H49N3O5Si2. The van der Waals surface area contributed by atoms with E-state index in [0.717, 1.165) is 0 Å². The minimum Gasteiger partial charge on any atom is -0.411 e. The highest BCUT2D eigenvalue weighted by atomic mass is 28.4. The van der Waals surface area contributed by atoms with Gasteiger partial charge in [-0.2, -0.15) is 0 Å². The molecule has 2 aromatic carbocycles. The topological polar surface area (TPSA) is 94.9 Å². The predicted molar refractivity (Wildman–Crippen MR) is 172 cm³/mol. The van der Waals surface area contributed by atoms with Crippen LogP contribution in [0, 0.1) is 0 Å². The third-order valence-corrected chi connectivity index (χ3v) is 18.5. The second kappa shape index (κ2) is 12.2. The van der Waals surface area contributed by atoms with Crippen molar-refractivity contribution in [1.82, 2.24) is 0 Å². The van der Waals surface area contributed by atoms with Gasteiger partial charge in [0, 0.05) is 4.91 Å². The van der Waals surface area contributed by atoms with Gasteiger partial charge in [0.05, 0.1) is 31.5 Å². The number of hydrogen-bond acceptors (Lipinski definition) is 6. The largest absolute Gasteiger partial charge is 0.411 e. The monoisotopic (exact) mass is 611 g/mol. The maximum Gasteiger partial charge on any atom is 0.261 e. The molecule has 8 nitrogen and oxygen atoms in total. The van der Waals surface area contributed by atoms with Crippen molar-refractivity contribution in [2.45, 2.75) is 115 Å². The van der Waals surface area contributed by atoms with Crippen molar-refractivity contribution in [2.75, 3.05) is 13.2 Å². The predicted octanol–water partition coefficient (Wildman–Crippen LogP) is 6.55. The quantitative estimate of drug-likeness (QED) is 0.139. The summed E-state index contributed by atoms with van der Waals surface area (Å²) in [6, 6.07) is 20.5. The van der Waals surface area contributed by atoms with E-state index >= 15 is 0 Å². The van der Waals surface area contributed by atoms with Crippen molar-refractivity contribution < 1.29 is 23.1 Å². The van der Waals surface area contributed by atoms with Crippen LogP contribution in [0.2, 0.25) is 23.2 Å². The molecule has 10 heteroatoms. The first-order valence-corrected chi connectivity index (χ1v) is 19.8. The average molecular weight is 612 g/mol. The lowest BCUT2D eigenvalue weighted by Gasteiger charge is -2.44. The van der Waals surface area contributed by atoms with E-state index in [-0.39, 0.29) is 22.8 Å². The number of benzene rings is 2. The van der Waals surface area contributed by atoms with Gasteiger partial charge >= 0.3 is 0 Å². The van der Waals surface area contributed by atoms with Gasteiger partial charge in [-0.3, -0.25) is 0 Å². The normalized spacial score (nSPS) is 26.7. The van der Waals surface area contributed by atoms with Gasteiger partial charge in [-0.15, -0.1) is 0 Å². The number of rotatable bonds is 9. The van der Waals surface area contributed by atoms with Crippen LogP contribution in [-0.2, 0) is 23.1 Å². The Morgan fingerprint density at radius 3 is 1.90 bits per heavy atom. The fourth-order valence-corrected chi connectivity index (χ4v) is 11.8. The standard InChI is InChI=1S/C32H49N3O5Si2/c1-30(2,3)41(9,10)40-29-25(38-28(27(29)34-35-33)26-21-36-32(7,8)39-26)22-37-42(31(4,5)6,23-17-13-11-14-18-23)24-19-15-12-16-20-24/h11-20,25-29H,21-22H2,1-10H3/t25-,26+,27+,28+,29-/m0/s1. The number of hydrogen-bond donors (Lipinski definition) is 0. The summed E-state index contributed by atoms with van der Waals surface area (Å²) >= 11 is 0. The van der Waals surface area contributed by atoms with Crippen LogP contribution in [0.5, 0.6) is 0 Å². The van der Waals surface area contributed by atoms with E-state index in [1.54, 1.807) is 0 Å². The maximum atomic E-state index is 9.68. The molecule has 2 fully saturated rings. The molecule has 2 saturated heterocycles. The number of ether oxygens (including phenoxy) is 3. The second-order valence-corrected chi connectivity index (χ2v) is 23.6. The summed E-state index contributed by atoms with van der Waals surface area (Å²) in [5.41, 5.74) is 9.68. The molecule has 0 saturated carbocycles. The van der Waals surface area contributed by atoms with E-state index in [2.05, 4.69) is 113 Å². The smallest absolute Gasteiger partial charge is 0.261 e. The molecule has 0 spiro atoms. The van der Waals surface area contributed by atoms with Crippen LogP contribution in [0.25, 0.3) is 10.4 Å². The highest BCUT2D eigenvalue weighted by Gasteiger charge is 2.56. The SMILES string of the molecule is CC1(C)OC[C@H]([C@H]2O[C@@H](CO[Si](c3ccccc3)(c3ccccc3)C(C)(C)C)[C@H](O[Si](C)(C)C(C)(C)C)[C@@H]2N=[N+]=[N-])O1. The van der Waals surface area contributed by atoms with Crippen LogP contribution >= 0.6 is 0 Å². The molecule has 0 radical (unpaired) electrons. The fourth-order valence-electron chi connectivity index (χ4n) is 5.91. The third kappa shape index (κ3) is 6.56. The van der Waals surface area contributed by atoms with Crippen molar-refractivity contribution in [3.8, 4) is 0 Å². The van der Waals surface area contributed by atoms with Crippen LogP contribution in [0.15, 0.2) is 65.8 Å². The molecule has 0 amide bonds. The Balaban J connectivity index is 1.77. The van der Waals surface area contributed by atoms with Crippen LogP contribution in [0.4, 0.5) is 0 Å². The Morgan fingerprint density at radius 2 is 1.48 bits per heavy atom. The van der Waals surface area contributed by atoms with Crippen molar-refractivity contribution in [3.63, 3.8) is 0 Å². The molecular weight excluding hydrogens is 563 g/mol. The van der Waals surface area contributed by atoms with Gasteiger partial charge in [-0.05, 0) is 52.9 Å². The fraction of sp³-hybridized carbons (Fsp3) is 0.625. The lowest BCUT2D eigenvalue weighted by atomic mass is 10.0. The Hall–Kier alpha value is -2.02. The molecule has 2 aliphatic heterocycles. The summed E-state index contributed by atoms with van der Waals surface area (Å²) < 4.78 is 33.2. The molecule has 0 unspecified atom stereocenters. The van der Waals surface area contributed by atoms with Gasteiger partial charge in [0.25, 0.3) is 8.32 Å². The van der Waals surface area contributed by atoms with E-state index in [1.165, 1.54) is 10.4 Å². The molecule has 2 heterocycles. The van der Waals surface area contributed by atoms with Gasteiger partial charge in [-0.25, -0.2) is 0 Å². The van der Waals surface area contributed by atoms with Crippen molar-refractivity contribution in [2.24, 2.45) is 5.11 Å². The average Bonchev–Trinajstić information content (AvgIpc) is 3.43. The van der Waals surface area contributed by atoms with Gasteiger partial charge < -0.3 is 23.1 Å². The zero-order valence-electron chi connectivity index (χ0n) is 27.0. The Labute approximate surface area is 253 Å². The summed E-state index contributed by atoms with van der Waals surface area (Å²) in [7, 11) is -5.14. The van der Waals surface area contributed by atoms with Gasteiger partial charge in [0.1, 0.15) is 12.2 Å². The lowest BCUT2D eigenvalue weighted by molar-refractivity contribution is -0.156. The van der Waals surface area contributed by atoms with Crippen LogP contribution in [0.1, 0.15) is 55.4 Å². The summed E-state index contributed by atoms with van der Waals surface area (Å²) in [5.74, 6) is -0.742. The van der Waals surface area contributed by atoms with E-state index in [9.17, 15) is 5.53 Å². The molecule has 42 heavy (non-hydrogen) atoms. The second-order valence-electron chi connectivity index (χ2n) is 14.5. The molecule has 4 rings (SSSR count). The molecule has 0 aromatic heterocycles. The Bertz CT molecular complexity index is 1200. The third-order valence-electron chi connectivity index (χ3n) is 9.07. The number of nitrogens with zero attached hydrogens (tertiary/aromatic N) is 3. The highest BCUT2D eigenvalue weighted by molar-refractivity contribution is 6.99. The van der Waals surface area contributed by atoms with E-state index < -0.39 is 46.8 Å². The lowest BCUT2D eigenvalue weighted by Crippen LogP contribution is -2.67. The first-order chi connectivity index (χ1) is 19.5. The van der Waals surface area contributed by atoms with Gasteiger partial charge in [0.2, 0.25) is 0 Å². The van der Waals surface area contributed by atoms with Gasteiger partial charge in [0.15, 0.2) is 14.1 Å². The van der Waals surface area contributed by atoms with E-state index in [1.807, 2.05) is 26.0 Å². The van der Waals surface area contributed by atoms with Crippen LogP contribution in [0.3, 0.4) is 0 Å². The van der Waals surface area contributed by atoms with Crippen LogP contribution < -0.4 is 10.4 Å². The Morgan fingerprint density at radius 1 is 0.929 bits per heavy atom. The first kappa shape index (κ1) is 32.9. The molecule has 230 valence electrons. The van der Waals surface area contributed by atoms with Crippen molar-refractivity contribution >= 4 is 27.0 Å². The summed E-state index contributed by atoms with van der Waals surface area (Å²) in [5, 5.41) is 6.42. The summed E-state index contributed by atoms with van der Waals surface area (Å²) in [4.78, 5) is 3.25. The van der Waals surface area contributed by atoms with Crippen molar-refractivity contribution in [3.05, 3.63) is 71.1 Å². The molecule has 2 aliphatic rings. The molecule has 5 atom stereocenters. The van der Waals surface area contributed by atoms with E-state index in [0.29, 0.717) is 6.61 Å². The molecule has 0 N–H and O–H groups in total. The molecule has 0 bridgehead atoms. The number of azide groups is 1. The van der Waals surface area contributed by atoms with Crippen molar-refractivity contribution in [1.29, 1.82) is 0 Å². The molecule has 2 aromatic rings. The maximum absolute atomic E-state index is 9.68. The van der Waals surface area contributed by atoms with Crippen LogP contribution in [-0.4, -0.2) is 66.1 Å². The zero-order chi connectivity index (χ0) is 31.0. The van der Waals surface area contributed by atoms with Gasteiger partial charge in [-0.1, -0.05) is 107 Å². The molecule has 0 aliphatic carbocycles. The minimum absolute atomic E-state index is 0.0512. The minimum atomic E-state index is -2.84. The zero-order valence-corrected chi connectivity index (χ0v) is 29.0. The summed E-state index contributed by atoms with van der Waals surface area (Å²) in [6.07, 6.45) is -1.87. The highest BCUT2D eigenvalue weighted by Crippen LogP contribution is 2.43. The van der Waals surface area contributed by atoms with E-state index in [4.69, 9.17) is 23.1 Å². The Kier molecular flexibility index (Phi) is 9.53. The summed E-state index contributed by atoms with van der Waals surface area (Å²) in [6.45, 7) is 22.2. The first-order valence-electron chi connectivity index (χ1n) is 15.0.